The predicted octanol–water partition coefficient (Wildman–Crippen LogP) is 0.868. The Morgan fingerprint density at radius 1 is 1.09 bits per heavy atom. The topological polar surface area (TPSA) is 83.1 Å². The molecule has 1 aromatic rings. The molecule has 1 aliphatic carbocycles. The zero-order valence-electron chi connectivity index (χ0n) is 12.7. The Bertz CT molecular complexity index is 522. The number of benzene rings is 1. The Kier molecular flexibility index (Phi) is 4.99. The molecule has 0 spiro atoms. The van der Waals surface area contributed by atoms with E-state index >= 15 is 0 Å². The maximum absolute atomic E-state index is 12.0. The third kappa shape index (κ3) is 2.90. The van der Waals surface area contributed by atoms with Crippen LogP contribution < -0.4 is 5.32 Å². The molecule has 1 aromatic carbocycles. The fourth-order valence-electron chi connectivity index (χ4n) is 2.47. The first-order valence-corrected chi connectivity index (χ1v) is 6.73. The van der Waals surface area contributed by atoms with Gasteiger partial charge < -0.3 is 24.3 Å². The van der Waals surface area contributed by atoms with E-state index in [4.69, 9.17) is 18.9 Å². The normalized spacial score (nSPS) is 26.1. The summed E-state index contributed by atoms with van der Waals surface area (Å²) in [7, 11) is 4.09. The van der Waals surface area contributed by atoms with Gasteiger partial charge in [0.2, 0.25) is 0 Å². The first-order chi connectivity index (χ1) is 10.6. The van der Waals surface area contributed by atoms with E-state index in [1.807, 2.05) is 30.3 Å². The fourth-order valence-corrected chi connectivity index (χ4v) is 2.47. The van der Waals surface area contributed by atoms with Crippen LogP contribution in [0.2, 0.25) is 0 Å². The molecule has 7 heteroatoms. The molecule has 1 aliphatic rings. The van der Waals surface area contributed by atoms with Crippen LogP contribution in [0.3, 0.4) is 0 Å². The largest absolute Gasteiger partial charge is 0.467 e. The highest BCUT2D eigenvalue weighted by molar-refractivity contribution is 5.92. The van der Waals surface area contributed by atoms with Crippen molar-refractivity contribution in [3.63, 3.8) is 0 Å². The van der Waals surface area contributed by atoms with Gasteiger partial charge in [-0.15, -0.1) is 0 Å². The number of methoxy groups -OCH3 is 3. The molecule has 1 amide bonds. The summed E-state index contributed by atoms with van der Waals surface area (Å²) < 4.78 is 20.2. The number of amides is 1. The lowest BCUT2D eigenvalue weighted by Crippen LogP contribution is -2.49. The molecule has 2 rings (SSSR count). The number of nitrogens with one attached hydrogen (secondary N) is 1. The van der Waals surface area contributed by atoms with Crippen LogP contribution in [0.25, 0.3) is 0 Å². The Morgan fingerprint density at radius 3 is 2.18 bits per heavy atom. The molecule has 7 nitrogen and oxygen atoms in total. The molecule has 2 atom stereocenters. The van der Waals surface area contributed by atoms with E-state index in [1.54, 1.807) is 0 Å². The van der Waals surface area contributed by atoms with Crippen molar-refractivity contribution in [1.29, 1.82) is 0 Å². The number of rotatable bonds is 6. The van der Waals surface area contributed by atoms with Crippen LogP contribution in [0.4, 0.5) is 4.79 Å². The lowest BCUT2D eigenvalue weighted by atomic mass is 10.2. The highest BCUT2D eigenvalue weighted by Gasteiger charge is 2.74. The Morgan fingerprint density at radius 2 is 1.68 bits per heavy atom. The van der Waals surface area contributed by atoms with E-state index in [0.29, 0.717) is 0 Å². The van der Waals surface area contributed by atoms with Crippen molar-refractivity contribution < 1.29 is 28.5 Å². The van der Waals surface area contributed by atoms with Gasteiger partial charge in [0.15, 0.2) is 5.54 Å². The molecule has 0 saturated heterocycles. The second-order valence-electron chi connectivity index (χ2n) is 4.86. The fraction of sp³-hybridized carbons (Fsp3) is 0.467. The quantitative estimate of drug-likeness (QED) is 0.785. The number of hydrogen-bond donors (Lipinski definition) is 1. The van der Waals surface area contributed by atoms with Gasteiger partial charge in [0.25, 0.3) is 0 Å². The summed E-state index contributed by atoms with van der Waals surface area (Å²) in [5.74, 6) is -0.636. The van der Waals surface area contributed by atoms with Gasteiger partial charge in [-0.2, -0.15) is 0 Å². The van der Waals surface area contributed by atoms with Crippen molar-refractivity contribution in [2.75, 3.05) is 21.3 Å². The van der Waals surface area contributed by atoms with E-state index in [1.165, 1.54) is 21.3 Å². The first kappa shape index (κ1) is 16.3. The lowest BCUT2D eigenvalue weighted by Gasteiger charge is -2.16. The molecule has 1 fully saturated rings. The molecular formula is C15H19NO6. The Labute approximate surface area is 128 Å². The van der Waals surface area contributed by atoms with Gasteiger partial charge in [0.05, 0.1) is 7.11 Å². The molecule has 0 aromatic heterocycles. The standard InChI is InChI=1S/C15H19NO6/c1-19-11-12(20-2)15(11,13(17)21-3)16-14(18)22-9-10-7-5-4-6-8-10/h4-8,11-12H,9H2,1-3H3,(H,16,18)/t11-,12-/m0/s1. The number of hydrogen-bond acceptors (Lipinski definition) is 6. The molecule has 0 aliphatic heterocycles. The lowest BCUT2D eigenvalue weighted by molar-refractivity contribution is -0.146. The molecular weight excluding hydrogens is 290 g/mol. The highest BCUT2D eigenvalue weighted by Crippen LogP contribution is 2.42. The van der Waals surface area contributed by atoms with Crippen molar-refractivity contribution >= 4 is 12.1 Å². The second-order valence-corrected chi connectivity index (χ2v) is 4.86. The molecule has 0 unspecified atom stereocenters. The minimum Gasteiger partial charge on any atom is -0.467 e. The van der Waals surface area contributed by atoms with Gasteiger partial charge in [-0.1, -0.05) is 30.3 Å². The number of carbonyl (C=O) groups is 2. The number of esters is 1. The van der Waals surface area contributed by atoms with Crippen molar-refractivity contribution in [2.24, 2.45) is 0 Å². The van der Waals surface area contributed by atoms with Crippen LogP contribution in [0.15, 0.2) is 30.3 Å². The van der Waals surface area contributed by atoms with Crippen LogP contribution in [-0.4, -0.2) is 51.1 Å². The van der Waals surface area contributed by atoms with Gasteiger partial charge in [-0.25, -0.2) is 9.59 Å². The van der Waals surface area contributed by atoms with Crippen molar-refractivity contribution in [3.05, 3.63) is 35.9 Å². The summed E-state index contributed by atoms with van der Waals surface area (Å²) >= 11 is 0. The summed E-state index contributed by atoms with van der Waals surface area (Å²) in [6.45, 7) is 0.0965. The zero-order valence-corrected chi connectivity index (χ0v) is 12.7. The van der Waals surface area contributed by atoms with E-state index < -0.39 is 29.8 Å². The maximum atomic E-state index is 12.0. The van der Waals surface area contributed by atoms with Gasteiger partial charge in [0, 0.05) is 14.2 Å². The average Bonchev–Trinajstić information content (AvgIpc) is 3.20. The molecule has 1 saturated carbocycles. The number of ether oxygens (including phenoxy) is 4. The maximum Gasteiger partial charge on any atom is 0.408 e. The van der Waals surface area contributed by atoms with Crippen LogP contribution in [0.5, 0.6) is 0 Å². The van der Waals surface area contributed by atoms with Gasteiger partial charge in [0.1, 0.15) is 18.8 Å². The summed E-state index contributed by atoms with van der Waals surface area (Å²) in [6.07, 6.45) is -1.97. The smallest absolute Gasteiger partial charge is 0.408 e. The molecule has 0 heterocycles. The molecule has 0 radical (unpaired) electrons. The number of carbonyl (C=O) groups excluding carboxylic acids is 2. The van der Waals surface area contributed by atoms with Crippen LogP contribution in [-0.2, 0) is 30.3 Å². The second kappa shape index (κ2) is 6.76. The minimum atomic E-state index is -1.37. The van der Waals surface area contributed by atoms with E-state index in [2.05, 4.69) is 5.32 Å². The van der Waals surface area contributed by atoms with Crippen LogP contribution in [0, 0.1) is 0 Å². The third-order valence-electron chi connectivity index (χ3n) is 3.62. The monoisotopic (exact) mass is 309 g/mol. The van der Waals surface area contributed by atoms with Gasteiger partial charge in [-0.3, -0.25) is 0 Å². The minimum absolute atomic E-state index is 0.0965. The molecule has 120 valence electrons. The van der Waals surface area contributed by atoms with Crippen molar-refractivity contribution in [1.82, 2.24) is 5.32 Å². The highest BCUT2D eigenvalue weighted by atomic mass is 16.6. The van der Waals surface area contributed by atoms with Gasteiger partial charge >= 0.3 is 12.1 Å². The van der Waals surface area contributed by atoms with E-state index in [9.17, 15) is 9.59 Å². The van der Waals surface area contributed by atoms with Crippen molar-refractivity contribution in [3.8, 4) is 0 Å². The summed E-state index contributed by atoms with van der Waals surface area (Å²) in [6, 6.07) is 9.21. The Balaban J connectivity index is 1.99. The summed E-state index contributed by atoms with van der Waals surface area (Å²) in [4.78, 5) is 24.0. The van der Waals surface area contributed by atoms with Crippen LogP contribution >= 0.6 is 0 Å². The average molecular weight is 309 g/mol. The van der Waals surface area contributed by atoms with Crippen LogP contribution in [0.1, 0.15) is 5.56 Å². The summed E-state index contributed by atoms with van der Waals surface area (Å²) in [5, 5.41) is 2.50. The SMILES string of the molecule is COC(=O)C1(NC(=O)OCc2ccccc2)[C@@H](OC)[C@@H]1OC. The first-order valence-electron chi connectivity index (χ1n) is 6.73. The van der Waals surface area contributed by atoms with E-state index in [-0.39, 0.29) is 6.61 Å². The number of alkyl carbamates (subject to hydrolysis) is 1. The van der Waals surface area contributed by atoms with Crippen molar-refractivity contribution in [2.45, 2.75) is 24.4 Å². The molecule has 22 heavy (non-hydrogen) atoms. The van der Waals surface area contributed by atoms with E-state index in [0.717, 1.165) is 5.56 Å². The zero-order chi connectivity index (χ0) is 16.2. The third-order valence-corrected chi connectivity index (χ3v) is 3.62. The molecule has 1 N–H and O–H groups in total. The summed E-state index contributed by atoms with van der Waals surface area (Å²) in [5.41, 5.74) is -0.529. The molecule has 0 bridgehead atoms. The Hall–Kier alpha value is -2.12. The van der Waals surface area contributed by atoms with Gasteiger partial charge in [-0.05, 0) is 5.56 Å². The predicted molar refractivity (Wildman–Crippen MR) is 76.1 cm³/mol.